The van der Waals surface area contributed by atoms with Crippen LogP contribution in [-0.2, 0) is 6.54 Å². The van der Waals surface area contributed by atoms with Crippen molar-refractivity contribution < 1.29 is 14.1 Å². The molecule has 3 aromatic rings. The average molecular weight is 372 g/mol. The topological polar surface area (TPSA) is 68.5 Å². The molecule has 0 spiro atoms. The van der Waals surface area contributed by atoms with Crippen LogP contribution < -0.4 is 4.74 Å². The molecule has 6 nitrogen and oxygen atoms in total. The number of rotatable bonds is 6. The second-order valence-corrected chi connectivity index (χ2v) is 6.07. The number of benzene rings is 2. The Morgan fingerprint density at radius 2 is 1.85 bits per heavy atom. The van der Waals surface area contributed by atoms with Crippen molar-refractivity contribution in [2.75, 3.05) is 13.7 Å². The van der Waals surface area contributed by atoms with Crippen LogP contribution in [0.3, 0.4) is 0 Å². The molecule has 2 aromatic carbocycles. The van der Waals surface area contributed by atoms with E-state index in [1.54, 1.807) is 43.4 Å². The van der Waals surface area contributed by atoms with Gasteiger partial charge in [0, 0.05) is 23.2 Å². The van der Waals surface area contributed by atoms with Gasteiger partial charge in [0.1, 0.15) is 5.75 Å². The van der Waals surface area contributed by atoms with Crippen molar-refractivity contribution in [2.24, 2.45) is 0 Å². The van der Waals surface area contributed by atoms with E-state index in [1.807, 2.05) is 19.1 Å². The van der Waals surface area contributed by atoms with E-state index >= 15 is 0 Å². The Morgan fingerprint density at radius 1 is 1.15 bits per heavy atom. The first kappa shape index (κ1) is 17.9. The maximum Gasteiger partial charge on any atom is 0.254 e. The highest BCUT2D eigenvalue weighted by atomic mass is 35.5. The quantitative estimate of drug-likeness (QED) is 0.653. The highest BCUT2D eigenvalue weighted by Gasteiger charge is 2.16. The molecule has 0 unspecified atom stereocenters. The Labute approximate surface area is 156 Å². The van der Waals surface area contributed by atoms with Crippen molar-refractivity contribution in [2.45, 2.75) is 13.5 Å². The lowest BCUT2D eigenvalue weighted by Crippen LogP contribution is -2.26. The molecule has 26 heavy (non-hydrogen) atoms. The van der Waals surface area contributed by atoms with E-state index < -0.39 is 0 Å². The van der Waals surface area contributed by atoms with Gasteiger partial charge in [-0.25, -0.2) is 0 Å². The molecule has 0 atom stereocenters. The summed E-state index contributed by atoms with van der Waals surface area (Å²) in [7, 11) is 1.69. The van der Waals surface area contributed by atoms with Crippen LogP contribution in [0.5, 0.6) is 5.75 Å². The Kier molecular flexibility index (Phi) is 5.53. The summed E-state index contributed by atoms with van der Waals surface area (Å²) in [5, 5.41) is 4.59. The fourth-order valence-electron chi connectivity index (χ4n) is 2.39. The van der Waals surface area contributed by atoms with Crippen LogP contribution in [0.2, 0.25) is 5.02 Å². The minimum absolute atomic E-state index is 0.140. The molecule has 1 amide bonds. The Morgan fingerprint density at radius 3 is 2.50 bits per heavy atom. The van der Waals surface area contributed by atoms with Gasteiger partial charge in [0.05, 0.1) is 13.2 Å². The zero-order valence-electron chi connectivity index (χ0n) is 14.5. The van der Waals surface area contributed by atoms with E-state index in [4.69, 9.17) is 20.9 Å². The molecule has 1 heterocycles. The second-order valence-electron chi connectivity index (χ2n) is 5.64. The molecule has 0 radical (unpaired) electrons. The summed E-state index contributed by atoms with van der Waals surface area (Å²) in [5.74, 6) is 1.41. The van der Waals surface area contributed by atoms with Gasteiger partial charge in [-0.2, -0.15) is 4.98 Å². The zero-order valence-corrected chi connectivity index (χ0v) is 15.2. The lowest BCUT2D eigenvalue weighted by Gasteiger charge is -2.15. The van der Waals surface area contributed by atoms with E-state index in [-0.39, 0.29) is 12.5 Å². The van der Waals surface area contributed by atoms with Gasteiger partial charge in [-0.05, 0) is 55.5 Å². The van der Waals surface area contributed by atoms with Gasteiger partial charge >= 0.3 is 0 Å². The first-order valence-electron chi connectivity index (χ1n) is 8.13. The SMILES string of the molecule is CCOc1ccc(C(=O)N(C)Cc2nc(-c3ccc(Cl)cc3)no2)cc1. The number of halogens is 1. The molecule has 0 bridgehead atoms. The molecule has 0 aliphatic rings. The Bertz CT molecular complexity index is 876. The number of carbonyl (C=O) groups is 1. The molecule has 0 aliphatic carbocycles. The van der Waals surface area contributed by atoms with Crippen LogP contribution >= 0.6 is 11.6 Å². The lowest BCUT2D eigenvalue weighted by molar-refractivity contribution is 0.0769. The van der Waals surface area contributed by atoms with Crippen LogP contribution in [0.4, 0.5) is 0 Å². The molecular formula is C19H18ClN3O3. The minimum Gasteiger partial charge on any atom is -0.494 e. The molecule has 134 valence electrons. The number of hydrogen-bond acceptors (Lipinski definition) is 5. The average Bonchev–Trinajstić information content (AvgIpc) is 3.11. The van der Waals surface area contributed by atoms with Gasteiger partial charge in [-0.3, -0.25) is 4.79 Å². The highest BCUT2D eigenvalue weighted by Crippen LogP contribution is 2.19. The largest absolute Gasteiger partial charge is 0.494 e. The number of ether oxygens (including phenoxy) is 1. The van der Waals surface area contributed by atoms with Crippen LogP contribution in [0.25, 0.3) is 11.4 Å². The van der Waals surface area contributed by atoms with Crippen molar-refractivity contribution in [1.29, 1.82) is 0 Å². The molecule has 0 aliphatic heterocycles. The predicted molar refractivity (Wildman–Crippen MR) is 98.2 cm³/mol. The number of amides is 1. The molecule has 3 rings (SSSR count). The normalized spacial score (nSPS) is 10.6. The summed E-state index contributed by atoms with van der Waals surface area (Å²) in [6, 6.07) is 14.2. The zero-order chi connectivity index (χ0) is 18.5. The van der Waals surface area contributed by atoms with Gasteiger partial charge < -0.3 is 14.2 Å². The number of carbonyl (C=O) groups excluding carboxylic acids is 1. The third-order valence-electron chi connectivity index (χ3n) is 3.70. The molecular weight excluding hydrogens is 354 g/mol. The maximum atomic E-state index is 12.5. The van der Waals surface area contributed by atoms with Crippen LogP contribution in [-0.4, -0.2) is 34.6 Å². The summed E-state index contributed by atoms with van der Waals surface area (Å²) in [6.07, 6.45) is 0. The molecule has 1 aromatic heterocycles. The van der Waals surface area contributed by atoms with E-state index in [1.165, 1.54) is 4.90 Å². The standard InChI is InChI=1S/C19H18ClN3O3/c1-3-25-16-10-6-14(7-11-16)19(24)23(2)12-17-21-18(22-26-17)13-4-8-15(20)9-5-13/h4-11H,3,12H2,1-2H3. The third kappa shape index (κ3) is 4.21. The lowest BCUT2D eigenvalue weighted by atomic mass is 10.2. The first-order chi connectivity index (χ1) is 12.6. The summed E-state index contributed by atoms with van der Waals surface area (Å²) in [4.78, 5) is 18.4. The van der Waals surface area contributed by atoms with E-state index in [0.717, 1.165) is 11.3 Å². The van der Waals surface area contributed by atoms with Gasteiger partial charge in [-0.1, -0.05) is 16.8 Å². The summed E-state index contributed by atoms with van der Waals surface area (Å²) in [6.45, 7) is 2.71. The molecule has 0 fully saturated rings. The van der Waals surface area contributed by atoms with Gasteiger partial charge in [0.15, 0.2) is 0 Å². The molecule has 0 N–H and O–H groups in total. The smallest absolute Gasteiger partial charge is 0.254 e. The van der Waals surface area contributed by atoms with Gasteiger partial charge in [0.2, 0.25) is 11.7 Å². The summed E-state index contributed by atoms with van der Waals surface area (Å²) < 4.78 is 10.6. The fraction of sp³-hybridized carbons (Fsp3) is 0.211. The van der Waals surface area contributed by atoms with Crippen molar-refractivity contribution in [3.63, 3.8) is 0 Å². The first-order valence-corrected chi connectivity index (χ1v) is 8.51. The molecule has 0 saturated heterocycles. The van der Waals surface area contributed by atoms with E-state index in [9.17, 15) is 4.79 Å². The van der Waals surface area contributed by atoms with Crippen LogP contribution in [0.1, 0.15) is 23.2 Å². The minimum atomic E-state index is -0.140. The summed E-state index contributed by atoms with van der Waals surface area (Å²) in [5.41, 5.74) is 1.36. The summed E-state index contributed by atoms with van der Waals surface area (Å²) >= 11 is 5.88. The Hall–Kier alpha value is -2.86. The maximum absolute atomic E-state index is 12.5. The monoisotopic (exact) mass is 371 g/mol. The molecule has 0 saturated carbocycles. The number of hydrogen-bond donors (Lipinski definition) is 0. The van der Waals surface area contributed by atoms with Crippen molar-refractivity contribution in [1.82, 2.24) is 15.0 Å². The fourth-order valence-corrected chi connectivity index (χ4v) is 2.52. The highest BCUT2D eigenvalue weighted by molar-refractivity contribution is 6.30. The number of aromatic nitrogens is 2. The van der Waals surface area contributed by atoms with E-state index in [2.05, 4.69) is 10.1 Å². The third-order valence-corrected chi connectivity index (χ3v) is 3.95. The Balaban J connectivity index is 1.66. The van der Waals surface area contributed by atoms with Crippen LogP contribution in [0.15, 0.2) is 53.1 Å². The van der Waals surface area contributed by atoms with E-state index in [0.29, 0.717) is 28.9 Å². The van der Waals surface area contributed by atoms with Crippen molar-refractivity contribution in [3.05, 3.63) is 65.0 Å². The van der Waals surface area contributed by atoms with Gasteiger partial charge in [-0.15, -0.1) is 0 Å². The van der Waals surface area contributed by atoms with Crippen LogP contribution in [0, 0.1) is 0 Å². The predicted octanol–water partition coefficient (Wildman–Crippen LogP) is 4.06. The van der Waals surface area contributed by atoms with Gasteiger partial charge in [0.25, 0.3) is 5.91 Å². The number of nitrogens with zero attached hydrogens (tertiary/aromatic N) is 3. The van der Waals surface area contributed by atoms with Crippen molar-refractivity contribution in [3.8, 4) is 17.1 Å². The second kappa shape index (κ2) is 8.01. The molecule has 7 heteroatoms. The van der Waals surface area contributed by atoms with Crippen molar-refractivity contribution >= 4 is 17.5 Å².